The van der Waals surface area contributed by atoms with Gasteiger partial charge in [0.2, 0.25) is 5.78 Å². The second kappa shape index (κ2) is 8.33. The first-order chi connectivity index (χ1) is 12.3. The van der Waals surface area contributed by atoms with Crippen molar-refractivity contribution in [2.45, 2.75) is 18.1 Å². The molecule has 0 fully saturated rings. The van der Waals surface area contributed by atoms with Gasteiger partial charge in [0.05, 0.1) is 28.4 Å². The Hall–Kier alpha value is -2.38. The van der Waals surface area contributed by atoms with Gasteiger partial charge < -0.3 is 4.74 Å². The van der Waals surface area contributed by atoms with Crippen molar-refractivity contribution >= 4 is 34.9 Å². The normalized spacial score (nSPS) is 11.0. The molecule has 136 valence electrons. The number of rotatable bonds is 6. The summed E-state index contributed by atoms with van der Waals surface area (Å²) >= 11 is 1.64. The Kier molecular flexibility index (Phi) is 6.39. The van der Waals surface area contributed by atoms with E-state index in [1.54, 1.807) is 18.4 Å². The van der Waals surface area contributed by atoms with Gasteiger partial charge in [-0.25, -0.2) is 4.98 Å². The van der Waals surface area contributed by atoms with E-state index in [1.165, 1.54) is 12.1 Å². The number of nitriles is 1. The number of ether oxygens (including phenoxy) is 1. The van der Waals surface area contributed by atoms with Gasteiger partial charge in [0.25, 0.3) is 0 Å². The molecule has 2 aromatic rings. The molecule has 0 aliphatic heterocycles. The number of nitrogens with zero attached hydrogens (tertiary/aromatic N) is 2. The SMILES string of the molecule is CCOC(=O)CSc1nc(C(F)(F)F)c(C(=O)c2cccs2)cc1C#N. The van der Waals surface area contributed by atoms with E-state index in [1.807, 2.05) is 0 Å². The summed E-state index contributed by atoms with van der Waals surface area (Å²) in [5.41, 5.74) is -2.30. The molecule has 2 heterocycles. The molecule has 0 amide bonds. The second-order valence-corrected chi connectivity index (χ2v) is 6.66. The molecule has 0 bridgehead atoms. The molecule has 26 heavy (non-hydrogen) atoms. The molecule has 0 N–H and O–H groups in total. The molecule has 2 aromatic heterocycles. The van der Waals surface area contributed by atoms with Gasteiger partial charge in [-0.1, -0.05) is 17.8 Å². The Morgan fingerprint density at radius 2 is 2.15 bits per heavy atom. The summed E-state index contributed by atoms with van der Waals surface area (Å²) in [6.07, 6.45) is -4.89. The van der Waals surface area contributed by atoms with E-state index in [0.717, 1.165) is 17.4 Å². The van der Waals surface area contributed by atoms with Crippen LogP contribution in [0.25, 0.3) is 0 Å². The van der Waals surface area contributed by atoms with Crippen molar-refractivity contribution in [1.29, 1.82) is 5.26 Å². The van der Waals surface area contributed by atoms with Crippen molar-refractivity contribution in [3.8, 4) is 6.07 Å². The minimum atomic E-state index is -4.89. The fourth-order valence-corrected chi connectivity index (χ4v) is 3.38. The zero-order valence-electron chi connectivity index (χ0n) is 13.3. The smallest absolute Gasteiger partial charge is 0.434 e. The number of aromatic nitrogens is 1. The lowest BCUT2D eigenvalue weighted by atomic mass is 10.1. The minimum absolute atomic E-state index is 0.105. The maximum Gasteiger partial charge on any atom is 0.434 e. The highest BCUT2D eigenvalue weighted by Gasteiger charge is 2.38. The van der Waals surface area contributed by atoms with Crippen molar-refractivity contribution in [1.82, 2.24) is 4.98 Å². The predicted molar refractivity (Wildman–Crippen MR) is 89.1 cm³/mol. The lowest BCUT2D eigenvalue weighted by molar-refractivity contribution is -0.142. The highest BCUT2D eigenvalue weighted by Crippen LogP contribution is 2.35. The molecular weight excluding hydrogens is 389 g/mol. The van der Waals surface area contributed by atoms with E-state index in [9.17, 15) is 28.0 Å². The van der Waals surface area contributed by atoms with E-state index in [0.29, 0.717) is 11.8 Å². The first-order valence-corrected chi connectivity index (χ1v) is 9.03. The maximum atomic E-state index is 13.4. The Labute approximate surface area is 154 Å². The van der Waals surface area contributed by atoms with Crippen LogP contribution in [0.2, 0.25) is 0 Å². The average Bonchev–Trinajstić information content (AvgIpc) is 3.12. The van der Waals surface area contributed by atoms with Gasteiger partial charge in [0.15, 0.2) is 5.69 Å². The standard InChI is InChI=1S/C16H11F3N2O3S2/c1-2-24-12(22)8-26-15-9(7-20)6-10(14(21-15)16(17,18)19)13(23)11-4-3-5-25-11/h3-6H,2,8H2,1H3. The van der Waals surface area contributed by atoms with Gasteiger partial charge in [0, 0.05) is 0 Å². The molecule has 0 aliphatic carbocycles. The summed E-state index contributed by atoms with van der Waals surface area (Å²) < 4.78 is 44.9. The summed E-state index contributed by atoms with van der Waals surface area (Å²) in [7, 11) is 0. The molecule has 0 saturated heterocycles. The average molecular weight is 400 g/mol. The lowest BCUT2D eigenvalue weighted by Gasteiger charge is -2.13. The van der Waals surface area contributed by atoms with Gasteiger partial charge in [-0.2, -0.15) is 18.4 Å². The van der Waals surface area contributed by atoms with Gasteiger partial charge in [-0.3, -0.25) is 9.59 Å². The Balaban J connectivity index is 2.48. The van der Waals surface area contributed by atoms with Crippen molar-refractivity contribution < 1.29 is 27.5 Å². The highest BCUT2D eigenvalue weighted by molar-refractivity contribution is 7.99. The van der Waals surface area contributed by atoms with E-state index >= 15 is 0 Å². The molecule has 0 aliphatic rings. The highest BCUT2D eigenvalue weighted by atomic mass is 32.2. The zero-order chi connectivity index (χ0) is 19.3. The summed E-state index contributed by atoms with van der Waals surface area (Å²) in [6, 6.07) is 5.51. The van der Waals surface area contributed by atoms with Crippen molar-refractivity contribution in [3.63, 3.8) is 0 Å². The minimum Gasteiger partial charge on any atom is -0.465 e. The molecule has 0 atom stereocenters. The number of halogens is 3. The molecule has 10 heteroatoms. The second-order valence-electron chi connectivity index (χ2n) is 4.75. The lowest BCUT2D eigenvalue weighted by Crippen LogP contribution is -2.17. The van der Waals surface area contributed by atoms with Crippen molar-refractivity contribution in [2.24, 2.45) is 0 Å². The van der Waals surface area contributed by atoms with Crippen LogP contribution in [0.15, 0.2) is 28.6 Å². The quantitative estimate of drug-likeness (QED) is 0.415. The first kappa shape index (κ1) is 19.9. The van der Waals surface area contributed by atoms with Crippen LogP contribution >= 0.6 is 23.1 Å². The number of esters is 1. The van der Waals surface area contributed by atoms with Crippen LogP contribution in [0, 0.1) is 11.3 Å². The summed E-state index contributed by atoms with van der Waals surface area (Å²) in [5.74, 6) is -1.81. The molecule has 0 unspecified atom stereocenters. The molecule has 5 nitrogen and oxygen atoms in total. The number of alkyl halides is 3. The van der Waals surface area contributed by atoms with E-state index < -0.39 is 29.2 Å². The van der Waals surface area contributed by atoms with Crippen LogP contribution in [0.4, 0.5) is 13.2 Å². The van der Waals surface area contributed by atoms with Crippen LogP contribution < -0.4 is 0 Å². The van der Waals surface area contributed by atoms with Gasteiger partial charge in [0.1, 0.15) is 11.1 Å². The van der Waals surface area contributed by atoms with Gasteiger partial charge in [-0.15, -0.1) is 11.3 Å². The maximum absolute atomic E-state index is 13.4. The van der Waals surface area contributed by atoms with Crippen LogP contribution in [0.5, 0.6) is 0 Å². The number of thioether (sulfide) groups is 1. The third kappa shape index (κ3) is 4.62. The number of ketones is 1. The first-order valence-electron chi connectivity index (χ1n) is 7.16. The predicted octanol–water partition coefficient (Wildman–Crippen LogP) is 3.92. The summed E-state index contributed by atoms with van der Waals surface area (Å²) in [6.45, 7) is 1.72. The van der Waals surface area contributed by atoms with Gasteiger partial charge >= 0.3 is 12.1 Å². The molecule has 0 saturated carbocycles. The van der Waals surface area contributed by atoms with Crippen LogP contribution in [-0.2, 0) is 15.7 Å². The van der Waals surface area contributed by atoms with Crippen LogP contribution in [0.1, 0.15) is 33.4 Å². The summed E-state index contributed by atoms with van der Waals surface area (Å²) in [5, 5.41) is 10.5. The monoisotopic (exact) mass is 400 g/mol. The number of carbonyl (C=O) groups is 2. The Morgan fingerprint density at radius 3 is 2.69 bits per heavy atom. The van der Waals surface area contributed by atoms with E-state index in [2.05, 4.69) is 4.98 Å². The fourth-order valence-electron chi connectivity index (χ4n) is 1.95. The molecular formula is C16H11F3N2O3S2. The Morgan fingerprint density at radius 1 is 1.42 bits per heavy atom. The van der Waals surface area contributed by atoms with E-state index in [4.69, 9.17) is 4.74 Å². The number of thiophene rings is 1. The number of hydrogen-bond donors (Lipinski definition) is 0. The van der Waals surface area contributed by atoms with Crippen molar-refractivity contribution in [3.05, 3.63) is 45.3 Å². The molecule has 2 rings (SSSR count). The molecule has 0 spiro atoms. The van der Waals surface area contributed by atoms with Crippen molar-refractivity contribution in [2.75, 3.05) is 12.4 Å². The number of hydrogen-bond acceptors (Lipinski definition) is 7. The van der Waals surface area contributed by atoms with Crippen LogP contribution in [-0.4, -0.2) is 29.1 Å². The van der Waals surface area contributed by atoms with Gasteiger partial charge in [-0.05, 0) is 24.4 Å². The third-order valence-corrected chi connectivity index (χ3v) is 4.83. The largest absolute Gasteiger partial charge is 0.465 e. The topological polar surface area (TPSA) is 80.0 Å². The third-order valence-electron chi connectivity index (χ3n) is 3.00. The fraction of sp³-hybridized carbons (Fsp3) is 0.250. The van der Waals surface area contributed by atoms with Crippen LogP contribution in [0.3, 0.4) is 0 Å². The van der Waals surface area contributed by atoms with E-state index in [-0.39, 0.29) is 27.8 Å². The summed E-state index contributed by atoms with van der Waals surface area (Å²) in [4.78, 5) is 27.4. The molecule has 0 aromatic carbocycles. The zero-order valence-corrected chi connectivity index (χ0v) is 14.9. The Bertz CT molecular complexity index is 859. The number of carbonyl (C=O) groups excluding carboxylic acids is 2. The molecule has 0 radical (unpaired) electrons. The number of pyridine rings is 1.